The molecule has 0 fully saturated rings. The predicted octanol–water partition coefficient (Wildman–Crippen LogP) is 5.27. The van der Waals surface area contributed by atoms with E-state index in [0.717, 1.165) is 22.6 Å². The van der Waals surface area contributed by atoms with E-state index in [9.17, 15) is 4.79 Å². The number of ether oxygens (including phenoxy) is 3. The maximum atomic E-state index is 12.3. The fraction of sp³-hybridized carbons (Fsp3) is 0.217. The summed E-state index contributed by atoms with van der Waals surface area (Å²) >= 11 is 1.37. The highest BCUT2D eigenvalue weighted by molar-refractivity contribution is 7.14. The van der Waals surface area contributed by atoms with Gasteiger partial charge >= 0.3 is 0 Å². The highest BCUT2D eigenvalue weighted by Crippen LogP contribution is 2.29. The van der Waals surface area contributed by atoms with Crippen LogP contribution in [0.2, 0.25) is 0 Å². The Hall–Kier alpha value is -3.32. The average Bonchev–Trinajstić information content (AvgIpc) is 3.22. The van der Waals surface area contributed by atoms with Gasteiger partial charge < -0.3 is 14.2 Å². The van der Waals surface area contributed by atoms with Gasteiger partial charge in [-0.05, 0) is 49.8 Å². The number of benzene rings is 2. The van der Waals surface area contributed by atoms with Crippen LogP contribution in [0.25, 0.3) is 17.3 Å². The summed E-state index contributed by atoms with van der Waals surface area (Å²) in [5, 5.41) is 5.23. The van der Waals surface area contributed by atoms with E-state index in [1.54, 1.807) is 13.2 Å². The zero-order valence-corrected chi connectivity index (χ0v) is 18.0. The number of carbonyl (C=O) groups is 1. The van der Waals surface area contributed by atoms with Crippen LogP contribution >= 0.6 is 11.3 Å². The van der Waals surface area contributed by atoms with Crippen LogP contribution in [0, 0.1) is 0 Å². The molecule has 3 aromatic rings. The van der Waals surface area contributed by atoms with Crippen LogP contribution in [-0.2, 0) is 4.79 Å². The van der Waals surface area contributed by atoms with Gasteiger partial charge in [0.1, 0.15) is 5.75 Å². The molecule has 0 radical (unpaired) electrons. The molecule has 0 aliphatic carbocycles. The van der Waals surface area contributed by atoms with Crippen LogP contribution in [0.5, 0.6) is 17.2 Å². The molecule has 2 aromatic carbocycles. The minimum Gasteiger partial charge on any atom is -0.497 e. The third-order valence-electron chi connectivity index (χ3n) is 4.09. The number of thiazole rings is 1. The van der Waals surface area contributed by atoms with Crippen LogP contribution in [0.3, 0.4) is 0 Å². The molecule has 156 valence electrons. The Bertz CT molecular complexity index is 1030. The van der Waals surface area contributed by atoms with Crippen molar-refractivity contribution in [1.82, 2.24) is 4.98 Å². The molecule has 1 amide bonds. The van der Waals surface area contributed by atoms with Gasteiger partial charge in [0.2, 0.25) is 5.91 Å². The Morgan fingerprint density at radius 3 is 2.67 bits per heavy atom. The minimum absolute atomic E-state index is 0.256. The van der Waals surface area contributed by atoms with E-state index in [1.807, 2.05) is 61.7 Å². The Kier molecular flexibility index (Phi) is 7.45. The molecular weight excluding hydrogens is 400 g/mol. The number of nitrogens with one attached hydrogen (secondary N) is 1. The van der Waals surface area contributed by atoms with Crippen LogP contribution < -0.4 is 19.5 Å². The molecule has 1 N–H and O–H groups in total. The molecule has 7 heteroatoms. The smallest absolute Gasteiger partial charge is 0.250 e. The molecule has 6 nitrogen and oxygen atoms in total. The summed E-state index contributed by atoms with van der Waals surface area (Å²) in [6, 6.07) is 13.2. The number of carbonyl (C=O) groups excluding carboxylic acids is 1. The SMILES string of the molecule is CCOc1ccc(C=CC(=O)Nc2nc(-c3cccc(OC)c3)cs2)cc1OCC. The molecule has 0 aliphatic heterocycles. The van der Waals surface area contributed by atoms with E-state index in [0.29, 0.717) is 29.8 Å². The molecule has 0 aliphatic rings. The van der Waals surface area contributed by atoms with E-state index in [1.165, 1.54) is 17.4 Å². The van der Waals surface area contributed by atoms with Gasteiger partial charge in [0.15, 0.2) is 16.6 Å². The second-order valence-corrected chi connectivity index (χ2v) is 7.02. The summed E-state index contributed by atoms with van der Waals surface area (Å²) in [5.41, 5.74) is 2.55. The average molecular weight is 425 g/mol. The number of nitrogens with zero attached hydrogens (tertiary/aromatic N) is 1. The first-order chi connectivity index (χ1) is 14.6. The number of aromatic nitrogens is 1. The fourth-order valence-corrected chi connectivity index (χ4v) is 3.46. The molecule has 0 spiro atoms. The second kappa shape index (κ2) is 10.5. The number of hydrogen-bond acceptors (Lipinski definition) is 6. The Balaban J connectivity index is 1.66. The van der Waals surface area contributed by atoms with Crippen molar-refractivity contribution in [2.45, 2.75) is 13.8 Å². The molecule has 1 heterocycles. The van der Waals surface area contributed by atoms with Gasteiger partial charge in [-0.2, -0.15) is 0 Å². The summed E-state index contributed by atoms with van der Waals surface area (Å²) in [5.74, 6) is 1.85. The highest BCUT2D eigenvalue weighted by atomic mass is 32.1. The number of hydrogen-bond donors (Lipinski definition) is 1. The van der Waals surface area contributed by atoms with Crippen molar-refractivity contribution in [3.63, 3.8) is 0 Å². The van der Waals surface area contributed by atoms with Crippen LogP contribution in [0.15, 0.2) is 53.9 Å². The van der Waals surface area contributed by atoms with Crippen molar-refractivity contribution >= 4 is 28.5 Å². The minimum atomic E-state index is -0.256. The standard InChI is InChI=1S/C23H24N2O4S/c1-4-28-20-11-9-16(13-21(20)29-5-2)10-12-22(26)25-23-24-19(15-30-23)17-7-6-8-18(14-17)27-3/h6-15H,4-5H2,1-3H3,(H,24,25,26). The van der Waals surface area contributed by atoms with Crippen molar-refractivity contribution in [1.29, 1.82) is 0 Å². The van der Waals surface area contributed by atoms with Gasteiger partial charge in [0.05, 0.1) is 26.0 Å². The largest absolute Gasteiger partial charge is 0.497 e. The van der Waals surface area contributed by atoms with Gasteiger partial charge in [-0.3, -0.25) is 10.1 Å². The molecule has 0 unspecified atom stereocenters. The number of anilines is 1. The molecule has 1 aromatic heterocycles. The number of amides is 1. The molecule has 0 saturated carbocycles. The summed E-state index contributed by atoms with van der Waals surface area (Å²) in [6.07, 6.45) is 3.20. The third-order valence-corrected chi connectivity index (χ3v) is 4.85. The Labute approximate surface area is 180 Å². The highest BCUT2D eigenvalue weighted by Gasteiger charge is 2.08. The van der Waals surface area contributed by atoms with Gasteiger partial charge in [-0.1, -0.05) is 18.2 Å². The first-order valence-electron chi connectivity index (χ1n) is 9.61. The van der Waals surface area contributed by atoms with Gasteiger partial charge in [-0.25, -0.2) is 4.98 Å². The van der Waals surface area contributed by atoms with Crippen LogP contribution in [0.4, 0.5) is 5.13 Å². The van der Waals surface area contributed by atoms with Crippen molar-refractivity contribution in [2.24, 2.45) is 0 Å². The topological polar surface area (TPSA) is 69.7 Å². The summed E-state index contributed by atoms with van der Waals surface area (Å²) in [7, 11) is 1.62. The van der Waals surface area contributed by atoms with Crippen molar-refractivity contribution in [3.8, 4) is 28.5 Å². The van der Waals surface area contributed by atoms with E-state index < -0.39 is 0 Å². The maximum absolute atomic E-state index is 12.3. The normalized spacial score (nSPS) is 10.8. The molecule has 0 bridgehead atoms. The first kappa shape index (κ1) is 21.4. The van der Waals surface area contributed by atoms with Crippen LogP contribution in [-0.4, -0.2) is 31.2 Å². The molecular formula is C23H24N2O4S. The Morgan fingerprint density at radius 1 is 1.10 bits per heavy atom. The molecule has 30 heavy (non-hydrogen) atoms. The number of methoxy groups -OCH3 is 1. The third kappa shape index (κ3) is 5.61. The zero-order valence-electron chi connectivity index (χ0n) is 17.2. The predicted molar refractivity (Wildman–Crippen MR) is 121 cm³/mol. The lowest BCUT2D eigenvalue weighted by atomic mass is 10.2. The molecule has 0 atom stereocenters. The lowest BCUT2D eigenvalue weighted by Gasteiger charge is -2.11. The lowest BCUT2D eigenvalue weighted by molar-refractivity contribution is -0.111. The van der Waals surface area contributed by atoms with E-state index in [-0.39, 0.29) is 5.91 Å². The summed E-state index contributed by atoms with van der Waals surface area (Å²) < 4.78 is 16.4. The fourth-order valence-electron chi connectivity index (χ4n) is 2.74. The monoisotopic (exact) mass is 424 g/mol. The quantitative estimate of drug-likeness (QED) is 0.474. The second-order valence-electron chi connectivity index (χ2n) is 6.16. The maximum Gasteiger partial charge on any atom is 0.250 e. The van der Waals surface area contributed by atoms with Crippen molar-refractivity contribution in [2.75, 3.05) is 25.6 Å². The lowest BCUT2D eigenvalue weighted by Crippen LogP contribution is -2.07. The van der Waals surface area contributed by atoms with E-state index in [4.69, 9.17) is 14.2 Å². The summed E-state index contributed by atoms with van der Waals surface area (Å²) in [6.45, 7) is 4.93. The van der Waals surface area contributed by atoms with Crippen LogP contribution in [0.1, 0.15) is 19.4 Å². The van der Waals surface area contributed by atoms with Gasteiger partial charge in [0, 0.05) is 17.0 Å². The zero-order chi connectivity index (χ0) is 21.3. The summed E-state index contributed by atoms with van der Waals surface area (Å²) in [4.78, 5) is 16.8. The Morgan fingerprint density at radius 2 is 1.90 bits per heavy atom. The first-order valence-corrected chi connectivity index (χ1v) is 10.5. The van der Waals surface area contributed by atoms with Gasteiger partial charge in [-0.15, -0.1) is 11.3 Å². The molecule has 3 rings (SSSR count). The van der Waals surface area contributed by atoms with E-state index >= 15 is 0 Å². The van der Waals surface area contributed by atoms with Crippen molar-refractivity contribution < 1.29 is 19.0 Å². The van der Waals surface area contributed by atoms with Gasteiger partial charge in [0.25, 0.3) is 0 Å². The molecule has 0 saturated heterocycles. The van der Waals surface area contributed by atoms with E-state index in [2.05, 4.69) is 10.3 Å². The van der Waals surface area contributed by atoms with Crippen molar-refractivity contribution in [3.05, 3.63) is 59.5 Å². The number of rotatable bonds is 9.